The zero-order chi connectivity index (χ0) is 21.1. The molecule has 0 saturated heterocycles. The minimum Gasteiger partial charge on any atom is -0.381 e. The molecule has 3 aromatic heterocycles. The highest BCUT2D eigenvalue weighted by molar-refractivity contribution is 6.03. The molecular weight excluding hydrogens is 370 g/mol. The van der Waals surface area contributed by atoms with Gasteiger partial charge in [0.05, 0.1) is 10.9 Å². The lowest BCUT2D eigenvalue weighted by Gasteiger charge is -2.07. The van der Waals surface area contributed by atoms with Gasteiger partial charge in [0.2, 0.25) is 0 Å². The van der Waals surface area contributed by atoms with E-state index in [1.807, 2.05) is 19.1 Å². The second-order valence-electron chi connectivity index (χ2n) is 6.10. The maximum absolute atomic E-state index is 12.1. The molecule has 1 amide bonds. The number of nitrogen functional groups attached to an aromatic ring is 1. The number of nitrogens with two attached hydrogens (primary N) is 2. The Labute approximate surface area is 166 Å². The van der Waals surface area contributed by atoms with Crippen molar-refractivity contribution in [2.75, 3.05) is 5.73 Å². The van der Waals surface area contributed by atoms with Gasteiger partial charge in [0.1, 0.15) is 11.4 Å². The first-order valence-corrected chi connectivity index (χ1v) is 8.72. The first-order chi connectivity index (χ1) is 13.9. The van der Waals surface area contributed by atoms with Gasteiger partial charge in [-0.3, -0.25) is 14.2 Å². The fourth-order valence-corrected chi connectivity index (χ4v) is 2.93. The number of benzene rings is 1. The molecule has 4 aromatic rings. The summed E-state index contributed by atoms with van der Waals surface area (Å²) in [6, 6.07) is 7.08. The number of hydrogen-bond acceptors (Lipinski definition) is 6. The van der Waals surface area contributed by atoms with Crippen molar-refractivity contribution in [3.05, 3.63) is 64.0 Å². The van der Waals surface area contributed by atoms with Crippen LogP contribution in [0.5, 0.6) is 0 Å². The third kappa shape index (κ3) is 3.51. The quantitative estimate of drug-likeness (QED) is 0.489. The van der Waals surface area contributed by atoms with E-state index in [4.69, 9.17) is 17.9 Å². The van der Waals surface area contributed by atoms with Gasteiger partial charge in [-0.15, -0.1) is 11.5 Å². The minimum atomic E-state index is -0.619. The molecule has 0 fully saturated rings. The lowest BCUT2D eigenvalue weighted by atomic mass is 10.1. The molecule has 0 bridgehead atoms. The van der Waals surface area contributed by atoms with Crippen molar-refractivity contribution in [3.8, 4) is 12.3 Å². The van der Waals surface area contributed by atoms with Crippen LogP contribution in [0, 0.1) is 12.3 Å². The lowest BCUT2D eigenvalue weighted by Crippen LogP contribution is -2.22. The Morgan fingerprint density at radius 3 is 2.72 bits per heavy atom. The van der Waals surface area contributed by atoms with E-state index in [9.17, 15) is 9.59 Å². The Morgan fingerprint density at radius 2 is 2.07 bits per heavy atom. The number of aromatic nitrogens is 5. The SMILES string of the molecule is C#Cc1cccc2nc(CC)n(C)c(=O)c12.NC(=O)c1c(N)nn2cccnc12. The smallest absolute Gasteiger partial charge is 0.262 e. The minimum absolute atomic E-state index is 0.0737. The zero-order valence-corrected chi connectivity index (χ0v) is 16.0. The standard InChI is InChI=1S/C13H12N2O.C7H7N5O/c1-4-9-7-6-8-10-12(9)13(16)15(3)11(5-2)14-10;8-5-4(6(9)13)7-10-2-1-3-12(7)11-5/h1,6-8H,5H2,2-3H3;1-3H,(H2,8,11)(H2,9,13). The van der Waals surface area contributed by atoms with Crippen LogP contribution in [0.3, 0.4) is 0 Å². The van der Waals surface area contributed by atoms with Crippen molar-refractivity contribution in [3.63, 3.8) is 0 Å². The van der Waals surface area contributed by atoms with Gasteiger partial charge in [-0.1, -0.05) is 18.9 Å². The van der Waals surface area contributed by atoms with Crippen LogP contribution in [0.1, 0.15) is 28.7 Å². The normalized spacial score (nSPS) is 10.4. The Balaban J connectivity index is 0.000000169. The molecule has 29 heavy (non-hydrogen) atoms. The molecule has 9 nitrogen and oxygen atoms in total. The summed E-state index contributed by atoms with van der Waals surface area (Å²) in [7, 11) is 1.72. The van der Waals surface area contributed by atoms with Crippen LogP contribution >= 0.6 is 0 Å². The average Bonchev–Trinajstić information content (AvgIpc) is 3.06. The van der Waals surface area contributed by atoms with Crippen LogP contribution in [0.4, 0.5) is 5.82 Å². The molecule has 146 valence electrons. The molecule has 4 N–H and O–H groups in total. The van der Waals surface area contributed by atoms with E-state index in [-0.39, 0.29) is 16.9 Å². The van der Waals surface area contributed by atoms with Crippen molar-refractivity contribution in [1.29, 1.82) is 0 Å². The molecule has 0 unspecified atom stereocenters. The summed E-state index contributed by atoms with van der Waals surface area (Å²) in [4.78, 5) is 31.4. The van der Waals surface area contributed by atoms with Gasteiger partial charge >= 0.3 is 0 Å². The Hall–Kier alpha value is -4.19. The van der Waals surface area contributed by atoms with E-state index in [1.54, 1.807) is 36.1 Å². The topological polar surface area (TPSA) is 134 Å². The van der Waals surface area contributed by atoms with E-state index in [0.29, 0.717) is 22.1 Å². The molecule has 0 radical (unpaired) electrons. The highest BCUT2D eigenvalue weighted by Crippen LogP contribution is 2.14. The molecule has 0 atom stereocenters. The number of anilines is 1. The molecule has 3 heterocycles. The number of hydrogen-bond donors (Lipinski definition) is 2. The summed E-state index contributed by atoms with van der Waals surface area (Å²) < 4.78 is 2.97. The highest BCUT2D eigenvalue weighted by atomic mass is 16.1. The maximum atomic E-state index is 12.1. The molecule has 0 spiro atoms. The first kappa shape index (κ1) is 19.6. The van der Waals surface area contributed by atoms with Crippen molar-refractivity contribution in [2.24, 2.45) is 12.8 Å². The zero-order valence-electron chi connectivity index (χ0n) is 16.0. The fraction of sp³-hybridized carbons (Fsp3) is 0.150. The van der Waals surface area contributed by atoms with Gasteiger partial charge in [-0.2, -0.15) is 0 Å². The van der Waals surface area contributed by atoms with Gasteiger partial charge < -0.3 is 11.5 Å². The highest BCUT2D eigenvalue weighted by Gasteiger charge is 2.15. The van der Waals surface area contributed by atoms with Crippen molar-refractivity contribution in [1.82, 2.24) is 24.1 Å². The predicted octanol–water partition coefficient (Wildman–Crippen LogP) is 0.888. The van der Waals surface area contributed by atoms with Crippen molar-refractivity contribution >= 4 is 28.3 Å². The Bertz CT molecular complexity index is 1330. The number of terminal acetylenes is 1. The van der Waals surface area contributed by atoms with Crippen molar-refractivity contribution in [2.45, 2.75) is 13.3 Å². The predicted molar refractivity (Wildman–Crippen MR) is 110 cm³/mol. The van der Waals surface area contributed by atoms with Gasteiger partial charge in [-0.25, -0.2) is 14.5 Å². The van der Waals surface area contributed by atoms with Gasteiger partial charge in [0.15, 0.2) is 11.5 Å². The van der Waals surface area contributed by atoms with Crippen molar-refractivity contribution < 1.29 is 4.79 Å². The molecular formula is C20H19N7O2. The molecule has 4 rings (SSSR count). The van der Waals surface area contributed by atoms with Crippen LogP contribution < -0.4 is 17.0 Å². The number of aryl methyl sites for hydroxylation is 1. The average molecular weight is 389 g/mol. The summed E-state index contributed by atoms with van der Waals surface area (Å²) in [5.41, 5.74) is 12.4. The van der Waals surface area contributed by atoms with E-state index in [2.05, 4.69) is 21.0 Å². The molecule has 9 heteroatoms. The summed E-state index contributed by atoms with van der Waals surface area (Å²) >= 11 is 0. The largest absolute Gasteiger partial charge is 0.381 e. The van der Waals surface area contributed by atoms with E-state index < -0.39 is 5.91 Å². The summed E-state index contributed by atoms with van der Waals surface area (Å²) in [5, 5.41) is 4.40. The van der Waals surface area contributed by atoms with Crippen LogP contribution in [-0.4, -0.2) is 30.1 Å². The number of carbonyl (C=O) groups excluding carboxylic acids is 1. The first-order valence-electron chi connectivity index (χ1n) is 8.72. The van der Waals surface area contributed by atoms with E-state index >= 15 is 0 Å². The number of carbonyl (C=O) groups is 1. The molecule has 0 aliphatic heterocycles. The summed E-state index contributed by atoms with van der Waals surface area (Å²) in [6.45, 7) is 1.97. The van der Waals surface area contributed by atoms with Crippen LogP contribution in [0.15, 0.2) is 41.5 Å². The van der Waals surface area contributed by atoms with Gasteiger partial charge in [-0.05, 0) is 18.2 Å². The second kappa shape index (κ2) is 7.82. The molecule has 0 aliphatic carbocycles. The third-order valence-corrected chi connectivity index (χ3v) is 4.34. The third-order valence-electron chi connectivity index (χ3n) is 4.34. The Kier molecular flexibility index (Phi) is 5.27. The van der Waals surface area contributed by atoms with Gasteiger partial charge in [0.25, 0.3) is 11.5 Å². The number of nitrogens with zero attached hydrogens (tertiary/aromatic N) is 5. The van der Waals surface area contributed by atoms with Crippen LogP contribution in [-0.2, 0) is 13.5 Å². The molecule has 0 saturated carbocycles. The second-order valence-corrected chi connectivity index (χ2v) is 6.10. The van der Waals surface area contributed by atoms with E-state index in [1.165, 1.54) is 4.52 Å². The summed E-state index contributed by atoms with van der Waals surface area (Å²) in [5.74, 6) is 2.78. The maximum Gasteiger partial charge on any atom is 0.262 e. The number of fused-ring (bicyclic) bond motifs is 2. The van der Waals surface area contributed by atoms with Crippen LogP contribution in [0.25, 0.3) is 16.6 Å². The number of amides is 1. The lowest BCUT2D eigenvalue weighted by molar-refractivity contribution is 0.100. The number of primary amides is 1. The van der Waals surface area contributed by atoms with E-state index in [0.717, 1.165) is 12.2 Å². The number of rotatable bonds is 2. The summed E-state index contributed by atoms with van der Waals surface area (Å²) in [6.07, 6.45) is 9.29. The molecule has 0 aliphatic rings. The Morgan fingerprint density at radius 1 is 1.31 bits per heavy atom. The van der Waals surface area contributed by atoms with Crippen LogP contribution in [0.2, 0.25) is 0 Å². The fourth-order valence-electron chi connectivity index (χ4n) is 2.93. The monoisotopic (exact) mass is 389 g/mol. The molecule has 1 aromatic carbocycles. The van der Waals surface area contributed by atoms with Gasteiger partial charge in [0, 0.05) is 31.4 Å².